The number of benzene rings is 2. The minimum atomic E-state index is -0.896. The average Bonchev–Trinajstić information content (AvgIpc) is 3.10. The van der Waals surface area contributed by atoms with E-state index in [1.807, 2.05) is 0 Å². The van der Waals surface area contributed by atoms with Gasteiger partial charge in [0.15, 0.2) is 0 Å². The van der Waals surface area contributed by atoms with Gasteiger partial charge in [0.25, 0.3) is 5.91 Å². The van der Waals surface area contributed by atoms with Gasteiger partial charge in [0.1, 0.15) is 27.5 Å². The van der Waals surface area contributed by atoms with Gasteiger partial charge in [0.05, 0.1) is 12.8 Å². The lowest BCUT2D eigenvalue weighted by atomic mass is 10.1. The fraction of sp³-hybridized carbons (Fsp3) is 0.190. The molecule has 0 aliphatic rings. The molecule has 2 aromatic carbocycles. The Bertz CT molecular complexity index is 1020. The maximum absolute atomic E-state index is 13.1. The van der Waals surface area contributed by atoms with Crippen LogP contribution in [0.1, 0.15) is 20.9 Å². The van der Waals surface area contributed by atoms with E-state index in [1.54, 1.807) is 31.2 Å². The summed E-state index contributed by atoms with van der Waals surface area (Å²) in [4.78, 5) is 29.7. The number of thiazole rings is 1. The topological polar surface area (TPSA) is 88.5 Å². The minimum Gasteiger partial charge on any atom is -0.508 e. The Labute approximate surface area is 171 Å². The molecule has 0 fully saturated rings. The van der Waals surface area contributed by atoms with Gasteiger partial charge in [0, 0.05) is 12.0 Å². The van der Waals surface area contributed by atoms with Crippen LogP contribution in [0.4, 0.5) is 4.39 Å². The van der Waals surface area contributed by atoms with Crippen molar-refractivity contribution in [2.24, 2.45) is 0 Å². The van der Waals surface area contributed by atoms with Gasteiger partial charge in [-0.25, -0.2) is 14.2 Å². The van der Waals surface area contributed by atoms with Gasteiger partial charge in [-0.3, -0.25) is 4.79 Å². The van der Waals surface area contributed by atoms with Crippen LogP contribution in [0.25, 0.3) is 10.6 Å². The van der Waals surface area contributed by atoms with Crippen LogP contribution in [0.3, 0.4) is 0 Å². The van der Waals surface area contributed by atoms with Gasteiger partial charge in [-0.15, -0.1) is 11.3 Å². The van der Waals surface area contributed by atoms with Crippen LogP contribution >= 0.6 is 11.3 Å². The molecule has 0 aliphatic carbocycles. The van der Waals surface area contributed by atoms with E-state index in [4.69, 9.17) is 4.74 Å². The van der Waals surface area contributed by atoms with E-state index in [2.05, 4.69) is 10.3 Å². The number of aryl methyl sites for hydroxylation is 1. The molecule has 1 atom stereocenters. The smallest absolute Gasteiger partial charge is 0.328 e. The van der Waals surface area contributed by atoms with Crippen LogP contribution < -0.4 is 5.32 Å². The molecule has 1 aromatic heterocycles. The summed E-state index contributed by atoms with van der Waals surface area (Å²) in [5.74, 6) is -1.26. The van der Waals surface area contributed by atoms with Gasteiger partial charge in [-0.1, -0.05) is 12.1 Å². The molecular formula is C21H19FN2O4S. The van der Waals surface area contributed by atoms with Gasteiger partial charge < -0.3 is 15.2 Å². The molecule has 0 saturated carbocycles. The third-order valence-corrected chi connectivity index (χ3v) is 5.47. The van der Waals surface area contributed by atoms with Crippen LogP contribution in [-0.4, -0.2) is 35.1 Å². The molecule has 2 N–H and O–H groups in total. The zero-order valence-corrected chi connectivity index (χ0v) is 16.6. The molecule has 3 aromatic rings. The number of methoxy groups -OCH3 is 1. The maximum Gasteiger partial charge on any atom is 0.328 e. The first-order valence-electron chi connectivity index (χ1n) is 8.77. The third-order valence-electron chi connectivity index (χ3n) is 4.26. The molecule has 0 bridgehead atoms. The molecule has 0 saturated heterocycles. The highest BCUT2D eigenvalue weighted by Crippen LogP contribution is 2.28. The third kappa shape index (κ3) is 4.97. The first kappa shape index (κ1) is 20.5. The fourth-order valence-electron chi connectivity index (χ4n) is 2.75. The first-order valence-corrected chi connectivity index (χ1v) is 9.59. The number of esters is 1. The number of carbonyl (C=O) groups excluding carboxylic acids is 2. The van der Waals surface area contributed by atoms with Crippen LogP contribution in [0, 0.1) is 12.7 Å². The molecule has 6 nitrogen and oxygen atoms in total. The van der Waals surface area contributed by atoms with Crippen LogP contribution in [0.15, 0.2) is 48.5 Å². The largest absolute Gasteiger partial charge is 0.508 e. The van der Waals surface area contributed by atoms with E-state index in [-0.39, 0.29) is 18.0 Å². The number of phenols is 1. The van der Waals surface area contributed by atoms with E-state index in [1.165, 1.54) is 42.7 Å². The highest BCUT2D eigenvalue weighted by molar-refractivity contribution is 7.17. The zero-order chi connectivity index (χ0) is 21.0. The van der Waals surface area contributed by atoms with Crippen molar-refractivity contribution in [2.75, 3.05) is 7.11 Å². The number of aromatic hydroxyl groups is 1. The van der Waals surface area contributed by atoms with Crippen LogP contribution in [-0.2, 0) is 16.0 Å². The second kappa shape index (κ2) is 8.83. The Kier molecular flexibility index (Phi) is 6.23. The fourth-order valence-corrected chi connectivity index (χ4v) is 3.72. The van der Waals surface area contributed by atoms with E-state index in [9.17, 15) is 19.1 Å². The second-order valence-corrected chi connectivity index (χ2v) is 7.36. The molecule has 0 radical (unpaired) electrons. The van der Waals surface area contributed by atoms with Gasteiger partial charge >= 0.3 is 5.97 Å². The molecule has 1 heterocycles. The Morgan fingerprint density at radius 2 is 1.83 bits per heavy atom. The summed E-state index contributed by atoms with van der Waals surface area (Å²) < 4.78 is 17.9. The number of hydrogen-bond acceptors (Lipinski definition) is 6. The Morgan fingerprint density at radius 3 is 2.45 bits per heavy atom. The molecule has 0 aliphatic heterocycles. The molecule has 0 spiro atoms. The van der Waals surface area contributed by atoms with E-state index in [0.717, 1.165) is 5.56 Å². The summed E-state index contributed by atoms with van der Waals surface area (Å²) in [5, 5.41) is 12.7. The SMILES string of the molecule is COC(=O)C(Cc1ccc(O)cc1)NC(=O)c1sc(-c2ccc(F)cc2)nc1C. The standard InChI is InChI=1S/C21H19FN2O4S/c1-12-18(29-20(23-12)14-5-7-15(22)8-6-14)19(26)24-17(21(27)28-2)11-13-3-9-16(25)10-4-13/h3-10,17,25H,11H2,1-2H3,(H,24,26). The first-order chi connectivity index (χ1) is 13.9. The number of rotatable bonds is 6. The number of carbonyl (C=O) groups is 2. The second-order valence-electron chi connectivity index (χ2n) is 6.36. The summed E-state index contributed by atoms with van der Waals surface area (Å²) in [6, 6.07) is 11.3. The maximum atomic E-state index is 13.1. The molecular weight excluding hydrogens is 395 g/mol. The summed E-state index contributed by atoms with van der Waals surface area (Å²) in [6.45, 7) is 1.70. The quantitative estimate of drug-likeness (QED) is 0.603. The number of nitrogens with one attached hydrogen (secondary N) is 1. The molecule has 3 rings (SSSR count). The van der Waals surface area contributed by atoms with Crippen molar-refractivity contribution in [3.8, 4) is 16.3 Å². The lowest BCUT2D eigenvalue weighted by molar-refractivity contribution is -0.142. The minimum absolute atomic E-state index is 0.112. The van der Waals surface area contributed by atoms with E-state index < -0.39 is 17.9 Å². The number of hydrogen-bond donors (Lipinski definition) is 2. The number of amides is 1. The lowest BCUT2D eigenvalue weighted by Crippen LogP contribution is -2.43. The molecule has 1 amide bonds. The summed E-state index contributed by atoms with van der Waals surface area (Å²) in [7, 11) is 1.25. The number of nitrogens with zero attached hydrogens (tertiary/aromatic N) is 1. The molecule has 8 heteroatoms. The van der Waals surface area contributed by atoms with Crippen LogP contribution in [0.5, 0.6) is 5.75 Å². The lowest BCUT2D eigenvalue weighted by Gasteiger charge is -2.16. The monoisotopic (exact) mass is 414 g/mol. The summed E-state index contributed by atoms with van der Waals surface area (Å²) >= 11 is 1.17. The summed E-state index contributed by atoms with van der Waals surface area (Å²) in [6.07, 6.45) is 0.210. The predicted molar refractivity (Wildman–Crippen MR) is 107 cm³/mol. The van der Waals surface area contributed by atoms with Gasteiger partial charge in [0.2, 0.25) is 0 Å². The normalized spacial score (nSPS) is 11.7. The number of halogens is 1. The highest BCUT2D eigenvalue weighted by Gasteiger charge is 2.25. The van der Waals surface area contributed by atoms with E-state index in [0.29, 0.717) is 21.1 Å². The number of ether oxygens (including phenoxy) is 1. The molecule has 1 unspecified atom stereocenters. The van der Waals surface area contributed by atoms with Crippen molar-refractivity contribution in [3.63, 3.8) is 0 Å². The van der Waals surface area contributed by atoms with Crippen molar-refractivity contribution in [3.05, 3.63) is 70.5 Å². The van der Waals surface area contributed by atoms with Crippen molar-refractivity contribution in [1.29, 1.82) is 0 Å². The Balaban J connectivity index is 1.79. The van der Waals surface area contributed by atoms with Crippen molar-refractivity contribution in [1.82, 2.24) is 10.3 Å². The summed E-state index contributed by atoms with van der Waals surface area (Å²) in [5.41, 5.74) is 1.97. The van der Waals surface area contributed by atoms with Gasteiger partial charge in [-0.2, -0.15) is 0 Å². The van der Waals surface area contributed by atoms with Crippen molar-refractivity contribution in [2.45, 2.75) is 19.4 Å². The average molecular weight is 414 g/mol. The van der Waals surface area contributed by atoms with Gasteiger partial charge in [-0.05, 0) is 48.9 Å². The zero-order valence-electron chi connectivity index (χ0n) is 15.8. The molecule has 150 valence electrons. The Morgan fingerprint density at radius 1 is 1.17 bits per heavy atom. The predicted octanol–water partition coefficient (Wildman–Crippen LogP) is 3.48. The van der Waals surface area contributed by atoms with E-state index >= 15 is 0 Å². The van der Waals surface area contributed by atoms with Crippen molar-refractivity contribution >= 4 is 23.2 Å². The highest BCUT2D eigenvalue weighted by atomic mass is 32.1. The Hall–Kier alpha value is -3.26. The van der Waals surface area contributed by atoms with Crippen LogP contribution in [0.2, 0.25) is 0 Å². The van der Waals surface area contributed by atoms with Crippen molar-refractivity contribution < 1.29 is 23.8 Å². The molecule has 29 heavy (non-hydrogen) atoms. The number of aromatic nitrogens is 1. The number of phenolic OH excluding ortho intramolecular Hbond substituents is 1.